The maximum Gasteiger partial charge on any atom is 0.191 e. The number of aromatic amines is 1. The fourth-order valence-electron chi connectivity index (χ4n) is 3.25. The molecular weight excluding hydrogens is 369 g/mol. The van der Waals surface area contributed by atoms with Gasteiger partial charge in [-0.25, -0.2) is 14.4 Å². The van der Waals surface area contributed by atoms with Gasteiger partial charge in [-0.05, 0) is 48.9 Å². The van der Waals surface area contributed by atoms with Crippen molar-refractivity contribution < 1.29 is 4.39 Å². The van der Waals surface area contributed by atoms with Gasteiger partial charge in [-0.2, -0.15) is 5.26 Å². The lowest BCUT2D eigenvalue weighted by Gasteiger charge is -2.13. The van der Waals surface area contributed by atoms with E-state index in [9.17, 15) is 14.4 Å². The summed E-state index contributed by atoms with van der Waals surface area (Å²) in [5.41, 5.74) is 3.57. The summed E-state index contributed by atoms with van der Waals surface area (Å²) < 4.78 is 13.9. The Morgan fingerprint density at radius 3 is 2.69 bits per heavy atom. The highest BCUT2D eigenvalue weighted by Gasteiger charge is 2.16. The van der Waals surface area contributed by atoms with Gasteiger partial charge in [-0.15, -0.1) is 0 Å². The zero-order valence-corrected chi connectivity index (χ0v) is 15.7. The number of hydrogen-bond acceptors (Lipinski definition) is 5. The van der Waals surface area contributed by atoms with Crippen LogP contribution in [0.1, 0.15) is 11.3 Å². The van der Waals surface area contributed by atoms with Crippen LogP contribution in [-0.2, 0) is 0 Å². The molecule has 3 aromatic heterocycles. The van der Waals surface area contributed by atoms with Crippen LogP contribution in [0.25, 0.3) is 33.4 Å². The summed E-state index contributed by atoms with van der Waals surface area (Å²) in [4.78, 5) is 24.4. The molecule has 0 aliphatic heterocycles. The molecule has 0 aliphatic rings. The molecule has 0 saturated carbocycles. The van der Waals surface area contributed by atoms with Crippen molar-refractivity contribution in [1.29, 1.82) is 5.26 Å². The first-order chi connectivity index (χ1) is 14.0. The van der Waals surface area contributed by atoms with E-state index in [0.29, 0.717) is 33.7 Å². The number of aryl methyl sites for hydroxylation is 1. The highest BCUT2D eigenvalue weighted by atomic mass is 19.1. The number of anilines is 1. The smallest absolute Gasteiger partial charge is 0.191 e. The Labute approximate surface area is 165 Å². The Morgan fingerprint density at radius 2 is 1.93 bits per heavy atom. The number of halogens is 1. The van der Waals surface area contributed by atoms with Crippen LogP contribution in [0.5, 0.6) is 0 Å². The number of nitrogens with zero attached hydrogens (tertiary/aromatic N) is 3. The Balaban J connectivity index is 2.08. The molecule has 29 heavy (non-hydrogen) atoms. The van der Waals surface area contributed by atoms with Crippen molar-refractivity contribution in [2.45, 2.75) is 6.92 Å². The molecule has 0 spiro atoms. The Kier molecular flexibility index (Phi) is 4.53. The Morgan fingerprint density at radius 1 is 1.10 bits per heavy atom. The van der Waals surface area contributed by atoms with Crippen LogP contribution in [-0.4, -0.2) is 22.0 Å². The monoisotopic (exact) mass is 385 g/mol. The van der Waals surface area contributed by atoms with Crippen LogP contribution in [0.4, 0.5) is 10.2 Å². The number of H-pyrrole nitrogens is 1. The van der Waals surface area contributed by atoms with Crippen molar-refractivity contribution in [2.75, 3.05) is 12.4 Å². The number of nitrogens with one attached hydrogen (secondary N) is 2. The van der Waals surface area contributed by atoms with E-state index < -0.39 is 5.82 Å². The highest BCUT2D eigenvalue weighted by Crippen LogP contribution is 2.34. The average molecular weight is 385 g/mol. The second kappa shape index (κ2) is 7.17. The minimum atomic E-state index is -0.593. The Bertz CT molecular complexity index is 1350. The predicted octanol–water partition coefficient (Wildman–Crippen LogP) is 4.01. The van der Waals surface area contributed by atoms with E-state index in [-0.39, 0.29) is 11.0 Å². The zero-order valence-electron chi connectivity index (χ0n) is 15.7. The van der Waals surface area contributed by atoms with E-state index in [0.717, 1.165) is 11.3 Å². The molecule has 0 amide bonds. The number of hydrogen-bond donors (Lipinski definition) is 2. The van der Waals surface area contributed by atoms with Gasteiger partial charge in [-0.1, -0.05) is 0 Å². The average Bonchev–Trinajstić information content (AvgIpc) is 2.73. The van der Waals surface area contributed by atoms with Crippen molar-refractivity contribution in [1.82, 2.24) is 15.0 Å². The summed E-state index contributed by atoms with van der Waals surface area (Å²) in [6.07, 6.45) is 1.53. The van der Waals surface area contributed by atoms with Gasteiger partial charge in [-0.3, -0.25) is 4.79 Å². The molecule has 4 aromatic rings. The molecule has 6 nitrogen and oxygen atoms in total. The molecule has 0 unspecified atom stereocenters. The topological polar surface area (TPSA) is 94.5 Å². The lowest BCUT2D eigenvalue weighted by atomic mass is 9.97. The largest absolute Gasteiger partial charge is 0.373 e. The number of aromatic nitrogens is 3. The highest BCUT2D eigenvalue weighted by molar-refractivity contribution is 5.90. The van der Waals surface area contributed by atoms with Crippen molar-refractivity contribution in [3.63, 3.8) is 0 Å². The van der Waals surface area contributed by atoms with Crippen LogP contribution in [0, 0.1) is 24.1 Å². The Hall–Kier alpha value is -4.05. The number of nitriles is 1. The molecule has 0 fully saturated rings. The fraction of sp³-hybridized carbons (Fsp3) is 0.0909. The molecule has 0 radical (unpaired) electrons. The first-order valence-corrected chi connectivity index (χ1v) is 8.89. The summed E-state index contributed by atoms with van der Waals surface area (Å²) in [6, 6.07) is 13.1. The van der Waals surface area contributed by atoms with E-state index >= 15 is 0 Å². The van der Waals surface area contributed by atoms with E-state index in [1.807, 2.05) is 25.1 Å². The van der Waals surface area contributed by atoms with Gasteiger partial charge in [0.2, 0.25) is 0 Å². The molecule has 1 aromatic carbocycles. The lowest BCUT2D eigenvalue weighted by Crippen LogP contribution is -2.04. The number of rotatable bonds is 3. The van der Waals surface area contributed by atoms with Crippen LogP contribution in [0.15, 0.2) is 53.5 Å². The fourth-order valence-corrected chi connectivity index (χ4v) is 3.25. The van der Waals surface area contributed by atoms with Gasteiger partial charge < -0.3 is 10.3 Å². The first-order valence-electron chi connectivity index (χ1n) is 8.89. The summed E-state index contributed by atoms with van der Waals surface area (Å²) in [5.74, 6) is 0.0778. The van der Waals surface area contributed by atoms with Crippen LogP contribution < -0.4 is 10.7 Å². The molecule has 3 heterocycles. The summed E-state index contributed by atoms with van der Waals surface area (Å²) in [5, 5.41) is 12.7. The standard InChI is InChI=1S/C22H16FN5O/c1-12-7-14(9-20(25-2)27-12)16-10-17-19(29)5-6-26-22(17)28-21(16)13-3-4-18(23)15(8-13)11-24/h3-10H,1-2H3,(H,25,27)(H,26,28,29). The van der Waals surface area contributed by atoms with Crippen molar-refractivity contribution in [3.8, 4) is 28.5 Å². The van der Waals surface area contributed by atoms with E-state index in [4.69, 9.17) is 0 Å². The molecule has 142 valence electrons. The van der Waals surface area contributed by atoms with Crippen LogP contribution in [0.3, 0.4) is 0 Å². The van der Waals surface area contributed by atoms with Gasteiger partial charge in [0.25, 0.3) is 0 Å². The number of pyridine rings is 3. The lowest BCUT2D eigenvalue weighted by molar-refractivity contribution is 0.624. The second-order valence-corrected chi connectivity index (χ2v) is 6.56. The van der Waals surface area contributed by atoms with E-state index in [1.54, 1.807) is 19.2 Å². The van der Waals surface area contributed by atoms with Crippen LogP contribution in [0.2, 0.25) is 0 Å². The third-order valence-corrected chi connectivity index (χ3v) is 4.62. The molecule has 0 bridgehead atoms. The molecule has 0 aliphatic carbocycles. The van der Waals surface area contributed by atoms with Gasteiger partial charge >= 0.3 is 0 Å². The summed E-state index contributed by atoms with van der Waals surface area (Å²) in [7, 11) is 1.77. The maximum atomic E-state index is 13.9. The van der Waals surface area contributed by atoms with E-state index in [2.05, 4.69) is 20.3 Å². The van der Waals surface area contributed by atoms with Crippen molar-refractivity contribution >= 4 is 16.9 Å². The molecule has 0 atom stereocenters. The summed E-state index contributed by atoms with van der Waals surface area (Å²) in [6.45, 7) is 1.87. The minimum Gasteiger partial charge on any atom is -0.373 e. The third-order valence-electron chi connectivity index (χ3n) is 4.62. The number of fused-ring (bicyclic) bond motifs is 1. The zero-order chi connectivity index (χ0) is 20.5. The number of benzene rings is 1. The minimum absolute atomic E-state index is 0.0706. The van der Waals surface area contributed by atoms with E-state index in [1.165, 1.54) is 24.4 Å². The predicted molar refractivity (Wildman–Crippen MR) is 110 cm³/mol. The van der Waals surface area contributed by atoms with Crippen molar-refractivity contribution in [3.05, 3.63) is 76.0 Å². The quantitative estimate of drug-likeness (QED) is 0.556. The molecule has 4 rings (SSSR count). The van der Waals surface area contributed by atoms with Crippen LogP contribution >= 0.6 is 0 Å². The first kappa shape index (κ1) is 18.3. The van der Waals surface area contributed by atoms with Gasteiger partial charge in [0, 0.05) is 36.1 Å². The second-order valence-electron chi connectivity index (χ2n) is 6.56. The SMILES string of the molecule is CNc1cc(-c2cc3c(=O)cc[nH]c3nc2-c2ccc(F)c(C#N)c2)cc(C)n1. The summed E-state index contributed by atoms with van der Waals surface area (Å²) >= 11 is 0. The third kappa shape index (κ3) is 3.32. The van der Waals surface area contributed by atoms with Gasteiger partial charge in [0.05, 0.1) is 16.6 Å². The molecule has 0 saturated heterocycles. The van der Waals surface area contributed by atoms with Gasteiger partial charge in [0.15, 0.2) is 5.43 Å². The molecule has 2 N–H and O–H groups in total. The molecular formula is C22H16FN5O. The van der Waals surface area contributed by atoms with Gasteiger partial charge in [0.1, 0.15) is 23.4 Å². The maximum absolute atomic E-state index is 13.9. The van der Waals surface area contributed by atoms with Crippen molar-refractivity contribution in [2.24, 2.45) is 0 Å². The molecule has 7 heteroatoms. The normalized spacial score (nSPS) is 10.7.